The number of hydrogen-bond donors (Lipinski definition) is 2. The topological polar surface area (TPSA) is 62.5 Å². The third kappa shape index (κ3) is 2.86. The first-order chi connectivity index (χ1) is 7.19. The highest BCUT2D eigenvalue weighted by molar-refractivity contribution is 5.86. The van der Waals surface area contributed by atoms with Crippen molar-refractivity contribution in [2.45, 2.75) is 25.9 Å². The van der Waals surface area contributed by atoms with Gasteiger partial charge in [0.15, 0.2) is 0 Å². The van der Waals surface area contributed by atoms with Crippen LogP contribution in [0.3, 0.4) is 0 Å². The van der Waals surface area contributed by atoms with Gasteiger partial charge in [0.25, 0.3) is 0 Å². The first-order valence-electron chi connectivity index (χ1n) is 4.68. The molecule has 0 aliphatic carbocycles. The molecular formula is C11H13NO3. The molecule has 1 unspecified atom stereocenters. The minimum Gasteiger partial charge on any atom is -0.475 e. The van der Waals surface area contributed by atoms with Gasteiger partial charge in [-0.15, -0.1) is 6.42 Å². The van der Waals surface area contributed by atoms with Crippen molar-refractivity contribution in [3.8, 4) is 12.3 Å². The van der Waals surface area contributed by atoms with Gasteiger partial charge in [0.1, 0.15) is 0 Å². The second kappa shape index (κ2) is 5.23. The molecule has 1 aromatic rings. The first-order valence-corrected chi connectivity index (χ1v) is 4.68. The van der Waals surface area contributed by atoms with Crippen LogP contribution in [0.4, 0.5) is 0 Å². The predicted molar refractivity (Wildman–Crippen MR) is 55.4 cm³/mol. The Morgan fingerprint density at radius 3 is 3.07 bits per heavy atom. The Kier molecular flexibility index (Phi) is 3.95. The lowest BCUT2D eigenvalue weighted by molar-refractivity contribution is 0.0660. The Bertz CT molecular complexity index is 375. The number of carboxylic acid groups (broad SMARTS) is 1. The second-order valence-electron chi connectivity index (χ2n) is 3.09. The highest BCUT2D eigenvalue weighted by atomic mass is 16.4. The molecule has 80 valence electrons. The molecule has 1 aromatic heterocycles. The van der Waals surface area contributed by atoms with Crippen LogP contribution in [0.5, 0.6) is 0 Å². The molecule has 0 radical (unpaired) electrons. The Morgan fingerprint density at radius 1 is 1.80 bits per heavy atom. The Hall–Kier alpha value is -1.73. The molecule has 0 aliphatic heterocycles. The Morgan fingerprint density at radius 2 is 2.53 bits per heavy atom. The van der Waals surface area contributed by atoms with Gasteiger partial charge in [-0.2, -0.15) is 0 Å². The summed E-state index contributed by atoms with van der Waals surface area (Å²) >= 11 is 0. The molecule has 1 heterocycles. The third-order valence-corrected chi connectivity index (χ3v) is 2.09. The Labute approximate surface area is 88.3 Å². The van der Waals surface area contributed by atoms with Gasteiger partial charge in [-0.25, -0.2) is 4.79 Å². The highest BCUT2D eigenvalue weighted by Crippen LogP contribution is 2.10. The number of aromatic carboxylic acids is 1. The maximum Gasteiger partial charge on any atom is 0.372 e. The zero-order chi connectivity index (χ0) is 11.3. The lowest BCUT2D eigenvalue weighted by Crippen LogP contribution is -2.26. The fraction of sp³-hybridized carbons (Fsp3) is 0.364. The SMILES string of the molecule is C#CC(CC)NCc1ccoc1C(=O)O. The van der Waals surface area contributed by atoms with Crippen LogP contribution in [0, 0.1) is 12.3 Å². The monoisotopic (exact) mass is 207 g/mol. The number of carbonyl (C=O) groups is 1. The van der Waals surface area contributed by atoms with E-state index in [-0.39, 0.29) is 11.8 Å². The van der Waals surface area contributed by atoms with E-state index in [2.05, 4.69) is 11.2 Å². The van der Waals surface area contributed by atoms with Crippen molar-refractivity contribution in [1.82, 2.24) is 5.32 Å². The average Bonchev–Trinajstić information content (AvgIpc) is 2.67. The number of nitrogens with one attached hydrogen (secondary N) is 1. The molecule has 0 amide bonds. The zero-order valence-corrected chi connectivity index (χ0v) is 8.49. The summed E-state index contributed by atoms with van der Waals surface area (Å²) < 4.78 is 4.83. The van der Waals surface area contributed by atoms with E-state index in [1.807, 2.05) is 6.92 Å². The lowest BCUT2D eigenvalue weighted by Gasteiger charge is -2.09. The molecule has 1 rings (SSSR count). The van der Waals surface area contributed by atoms with Gasteiger partial charge < -0.3 is 9.52 Å². The van der Waals surface area contributed by atoms with Crippen molar-refractivity contribution in [2.24, 2.45) is 0 Å². The molecule has 0 fully saturated rings. The van der Waals surface area contributed by atoms with Crippen LogP contribution in [-0.2, 0) is 6.54 Å². The predicted octanol–water partition coefficient (Wildman–Crippen LogP) is 1.48. The van der Waals surface area contributed by atoms with Crippen molar-refractivity contribution >= 4 is 5.97 Å². The Balaban J connectivity index is 2.62. The first kappa shape index (κ1) is 11.3. The average molecular weight is 207 g/mol. The minimum absolute atomic E-state index is 0.0330. The number of hydrogen-bond acceptors (Lipinski definition) is 3. The van der Waals surface area contributed by atoms with Crippen LogP contribution in [0.25, 0.3) is 0 Å². The summed E-state index contributed by atoms with van der Waals surface area (Å²) in [5.74, 6) is 1.48. The van der Waals surface area contributed by atoms with Gasteiger partial charge in [0.05, 0.1) is 12.3 Å². The van der Waals surface area contributed by atoms with Crippen molar-refractivity contribution in [2.75, 3.05) is 0 Å². The van der Waals surface area contributed by atoms with E-state index in [4.69, 9.17) is 15.9 Å². The van der Waals surface area contributed by atoms with Gasteiger partial charge in [-0.3, -0.25) is 5.32 Å². The minimum atomic E-state index is -1.06. The summed E-state index contributed by atoms with van der Waals surface area (Å²) in [7, 11) is 0. The van der Waals surface area contributed by atoms with Crippen LogP contribution in [-0.4, -0.2) is 17.1 Å². The van der Waals surface area contributed by atoms with Crippen LogP contribution in [0.2, 0.25) is 0 Å². The quantitative estimate of drug-likeness (QED) is 0.718. The molecule has 0 saturated heterocycles. The fourth-order valence-electron chi connectivity index (χ4n) is 1.22. The van der Waals surface area contributed by atoms with Gasteiger partial charge in [-0.05, 0) is 12.5 Å². The maximum absolute atomic E-state index is 10.7. The second-order valence-corrected chi connectivity index (χ2v) is 3.09. The standard InChI is InChI=1S/C11H13NO3/c1-3-9(4-2)12-7-8-5-6-15-10(8)11(13)14/h1,5-6,9,12H,4,7H2,2H3,(H,13,14). The van der Waals surface area contributed by atoms with E-state index >= 15 is 0 Å². The van der Waals surface area contributed by atoms with Crippen molar-refractivity contribution in [3.63, 3.8) is 0 Å². The molecule has 0 bridgehead atoms. The van der Waals surface area contributed by atoms with E-state index in [1.165, 1.54) is 6.26 Å². The van der Waals surface area contributed by atoms with Crippen molar-refractivity contribution in [1.29, 1.82) is 0 Å². The summed E-state index contributed by atoms with van der Waals surface area (Å²) in [5, 5.41) is 11.8. The number of rotatable bonds is 5. The molecule has 1 atom stereocenters. The van der Waals surface area contributed by atoms with E-state index in [1.54, 1.807) is 6.07 Å². The van der Waals surface area contributed by atoms with Crippen LogP contribution >= 0.6 is 0 Å². The molecule has 4 heteroatoms. The lowest BCUT2D eigenvalue weighted by atomic mass is 10.2. The summed E-state index contributed by atoms with van der Waals surface area (Å²) in [5.41, 5.74) is 0.608. The highest BCUT2D eigenvalue weighted by Gasteiger charge is 2.14. The largest absolute Gasteiger partial charge is 0.475 e. The zero-order valence-electron chi connectivity index (χ0n) is 8.49. The third-order valence-electron chi connectivity index (χ3n) is 2.09. The van der Waals surface area contributed by atoms with E-state index in [0.29, 0.717) is 12.1 Å². The molecule has 15 heavy (non-hydrogen) atoms. The fourth-order valence-corrected chi connectivity index (χ4v) is 1.22. The molecule has 0 aromatic carbocycles. The molecule has 0 saturated carbocycles. The van der Waals surface area contributed by atoms with E-state index < -0.39 is 5.97 Å². The molecule has 2 N–H and O–H groups in total. The molecule has 4 nitrogen and oxygen atoms in total. The number of terminal acetylenes is 1. The molecular weight excluding hydrogens is 194 g/mol. The van der Waals surface area contributed by atoms with Crippen LogP contribution in [0.15, 0.2) is 16.7 Å². The molecule has 0 aliphatic rings. The summed E-state index contributed by atoms with van der Waals surface area (Å²) in [6.07, 6.45) is 7.43. The van der Waals surface area contributed by atoms with Gasteiger partial charge in [0, 0.05) is 12.1 Å². The number of carboxylic acids is 1. The smallest absolute Gasteiger partial charge is 0.372 e. The molecule has 0 spiro atoms. The van der Waals surface area contributed by atoms with Gasteiger partial charge in [-0.1, -0.05) is 12.8 Å². The van der Waals surface area contributed by atoms with E-state index in [9.17, 15) is 4.79 Å². The van der Waals surface area contributed by atoms with E-state index in [0.717, 1.165) is 6.42 Å². The normalized spacial score (nSPS) is 12.0. The van der Waals surface area contributed by atoms with Crippen molar-refractivity contribution in [3.05, 3.63) is 23.7 Å². The summed E-state index contributed by atoms with van der Waals surface area (Å²) in [6, 6.07) is 1.58. The summed E-state index contributed by atoms with van der Waals surface area (Å²) in [4.78, 5) is 10.7. The van der Waals surface area contributed by atoms with Crippen LogP contribution in [0.1, 0.15) is 29.5 Å². The van der Waals surface area contributed by atoms with Gasteiger partial charge in [0.2, 0.25) is 5.76 Å². The van der Waals surface area contributed by atoms with Crippen molar-refractivity contribution < 1.29 is 14.3 Å². The van der Waals surface area contributed by atoms with Gasteiger partial charge >= 0.3 is 5.97 Å². The van der Waals surface area contributed by atoms with Crippen LogP contribution < -0.4 is 5.32 Å². The maximum atomic E-state index is 10.7. The number of furan rings is 1. The summed E-state index contributed by atoms with van der Waals surface area (Å²) in [6.45, 7) is 2.37.